The third-order valence-corrected chi connectivity index (χ3v) is 3.19. The van der Waals surface area contributed by atoms with Gasteiger partial charge < -0.3 is 4.74 Å². The third kappa shape index (κ3) is 3.14. The van der Waals surface area contributed by atoms with Gasteiger partial charge in [0.15, 0.2) is 5.78 Å². The average Bonchev–Trinajstić information content (AvgIpc) is 2.41. The highest BCUT2D eigenvalue weighted by atomic mass is 35.5. The Bertz CT molecular complexity index is 656. The molecule has 0 saturated carbocycles. The van der Waals surface area contributed by atoms with Gasteiger partial charge in [0.05, 0.1) is 12.7 Å². The van der Waals surface area contributed by atoms with Crippen molar-refractivity contribution in [2.45, 2.75) is 6.42 Å². The van der Waals surface area contributed by atoms with E-state index in [9.17, 15) is 13.6 Å². The van der Waals surface area contributed by atoms with Crippen LogP contribution in [0.1, 0.15) is 15.9 Å². The van der Waals surface area contributed by atoms with Crippen molar-refractivity contribution >= 4 is 17.4 Å². The van der Waals surface area contributed by atoms with Crippen molar-refractivity contribution in [3.63, 3.8) is 0 Å². The number of halogens is 3. The van der Waals surface area contributed by atoms with Crippen LogP contribution in [0.3, 0.4) is 0 Å². The molecule has 0 amide bonds. The summed E-state index contributed by atoms with van der Waals surface area (Å²) in [4.78, 5) is 12.0. The van der Waals surface area contributed by atoms with Gasteiger partial charge in [0.2, 0.25) is 0 Å². The highest BCUT2D eigenvalue weighted by Gasteiger charge is 2.15. The number of rotatable bonds is 4. The van der Waals surface area contributed by atoms with Gasteiger partial charge in [-0.1, -0.05) is 17.7 Å². The third-order valence-electron chi connectivity index (χ3n) is 2.84. The molecule has 0 spiro atoms. The number of hydrogen-bond acceptors (Lipinski definition) is 2. The number of ether oxygens (including phenoxy) is 1. The van der Waals surface area contributed by atoms with E-state index in [2.05, 4.69) is 0 Å². The Balaban J connectivity index is 2.24. The van der Waals surface area contributed by atoms with Gasteiger partial charge in [-0.05, 0) is 29.8 Å². The number of hydrogen-bond donors (Lipinski definition) is 0. The van der Waals surface area contributed by atoms with Gasteiger partial charge >= 0.3 is 0 Å². The molecule has 0 unspecified atom stereocenters. The van der Waals surface area contributed by atoms with Crippen LogP contribution in [-0.2, 0) is 6.42 Å². The van der Waals surface area contributed by atoms with Crippen molar-refractivity contribution in [2.24, 2.45) is 0 Å². The molecule has 5 heteroatoms. The number of methoxy groups -OCH3 is 1. The van der Waals surface area contributed by atoms with Gasteiger partial charge in [-0.25, -0.2) is 8.78 Å². The molecule has 20 heavy (non-hydrogen) atoms. The van der Waals surface area contributed by atoms with Crippen LogP contribution in [0.2, 0.25) is 5.02 Å². The molecule has 2 aromatic rings. The monoisotopic (exact) mass is 296 g/mol. The second kappa shape index (κ2) is 6.01. The minimum Gasteiger partial charge on any atom is -0.497 e. The molecular weight excluding hydrogens is 286 g/mol. The van der Waals surface area contributed by atoms with Crippen LogP contribution < -0.4 is 4.74 Å². The highest BCUT2D eigenvalue weighted by Crippen LogP contribution is 2.21. The molecule has 104 valence electrons. The molecule has 0 aliphatic carbocycles. The topological polar surface area (TPSA) is 26.3 Å². The lowest BCUT2D eigenvalue weighted by atomic mass is 10.0. The Morgan fingerprint density at radius 2 is 1.95 bits per heavy atom. The minimum atomic E-state index is -0.660. The summed E-state index contributed by atoms with van der Waals surface area (Å²) in [6.07, 6.45) is -0.0949. The van der Waals surface area contributed by atoms with Crippen LogP contribution in [0.25, 0.3) is 0 Å². The summed E-state index contributed by atoms with van der Waals surface area (Å²) in [5.41, 5.74) is 0.402. The normalized spacial score (nSPS) is 10.4. The van der Waals surface area contributed by atoms with Crippen LogP contribution in [0.4, 0.5) is 8.78 Å². The van der Waals surface area contributed by atoms with E-state index >= 15 is 0 Å². The molecule has 0 aromatic heterocycles. The van der Waals surface area contributed by atoms with Crippen LogP contribution in [0, 0.1) is 11.6 Å². The number of carbonyl (C=O) groups excluding carboxylic acids is 1. The fourth-order valence-electron chi connectivity index (χ4n) is 1.78. The molecule has 0 N–H and O–H groups in total. The molecule has 0 atom stereocenters. The molecule has 2 nitrogen and oxygen atoms in total. The number of benzene rings is 2. The summed E-state index contributed by atoms with van der Waals surface area (Å²) in [7, 11) is 1.41. The van der Waals surface area contributed by atoms with Crippen molar-refractivity contribution in [3.8, 4) is 5.75 Å². The van der Waals surface area contributed by atoms with E-state index in [1.807, 2.05) is 0 Å². The molecule has 0 radical (unpaired) electrons. The largest absolute Gasteiger partial charge is 0.497 e. The smallest absolute Gasteiger partial charge is 0.170 e. The Morgan fingerprint density at radius 3 is 2.55 bits per heavy atom. The molecule has 2 rings (SSSR count). The fraction of sp³-hybridized carbons (Fsp3) is 0.133. The molecule has 0 aliphatic heterocycles. The van der Waals surface area contributed by atoms with Crippen molar-refractivity contribution < 1.29 is 18.3 Å². The number of carbonyl (C=O) groups is 1. The Hall–Kier alpha value is -1.94. The van der Waals surface area contributed by atoms with Crippen LogP contribution >= 0.6 is 11.6 Å². The van der Waals surface area contributed by atoms with Crippen molar-refractivity contribution in [1.82, 2.24) is 0 Å². The SMILES string of the molecule is COc1ccc(C(=O)Cc2ccc(F)cc2Cl)c(F)c1. The van der Waals surface area contributed by atoms with E-state index in [0.29, 0.717) is 11.3 Å². The molecule has 0 heterocycles. The van der Waals surface area contributed by atoms with Gasteiger partial charge in [-0.15, -0.1) is 0 Å². The maximum absolute atomic E-state index is 13.8. The van der Waals surface area contributed by atoms with Crippen LogP contribution in [-0.4, -0.2) is 12.9 Å². The molecular formula is C15H11ClF2O2. The summed E-state index contributed by atoms with van der Waals surface area (Å²) in [6, 6.07) is 7.74. The Kier molecular flexibility index (Phi) is 4.35. The minimum absolute atomic E-state index is 0.0498. The molecule has 0 saturated heterocycles. The summed E-state index contributed by atoms with van der Waals surface area (Å²) in [5.74, 6) is -1.24. The van der Waals surface area contributed by atoms with E-state index in [4.69, 9.17) is 16.3 Å². The van der Waals surface area contributed by atoms with E-state index < -0.39 is 17.4 Å². The summed E-state index contributed by atoms with van der Waals surface area (Å²) in [6.45, 7) is 0. The lowest BCUT2D eigenvalue weighted by molar-refractivity contribution is 0.0989. The first-order chi connectivity index (χ1) is 9.51. The second-order valence-corrected chi connectivity index (χ2v) is 4.59. The standard InChI is InChI=1S/C15H11ClF2O2/c1-20-11-4-5-12(14(18)8-11)15(19)6-9-2-3-10(17)7-13(9)16/h2-5,7-8H,6H2,1H3. The van der Waals surface area contributed by atoms with E-state index in [1.54, 1.807) is 0 Å². The summed E-state index contributed by atoms with van der Waals surface area (Å²) in [5, 5.41) is 0.146. The average molecular weight is 297 g/mol. The predicted molar refractivity (Wildman–Crippen MR) is 72.4 cm³/mol. The van der Waals surface area contributed by atoms with Crippen LogP contribution in [0.15, 0.2) is 36.4 Å². The Morgan fingerprint density at radius 1 is 1.20 bits per heavy atom. The van der Waals surface area contributed by atoms with Gasteiger partial charge in [0, 0.05) is 17.5 Å². The van der Waals surface area contributed by atoms with Gasteiger partial charge in [-0.3, -0.25) is 4.79 Å². The summed E-state index contributed by atoms with van der Waals surface area (Å²) >= 11 is 5.84. The van der Waals surface area contributed by atoms with Gasteiger partial charge in [0.25, 0.3) is 0 Å². The maximum atomic E-state index is 13.8. The first kappa shape index (κ1) is 14.5. The van der Waals surface area contributed by atoms with Crippen molar-refractivity contribution in [3.05, 3.63) is 64.2 Å². The first-order valence-corrected chi connectivity index (χ1v) is 6.19. The van der Waals surface area contributed by atoms with Crippen LogP contribution in [0.5, 0.6) is 5.75 Å². The van der Waals surface area contributed by atoms with Gasteiger partial charge in [-0.2, -0.15) is 0 Å². The number of ketones is 1. The quantitative estimate of drug-likeness (QED) is 0.796. The zero-order valence-corrected chi connectivity index (χ0v) is 11.4. The molecule has 2 aromatic carbocycles. The zero-order valence-electron chi connectivity index (χ0n) is 10.6. The highest BCUT2D eigenvalue weighted by molar-refractivity contribution is 6.31. The van der Waals surface area contributed by atoms with E-state index in [0.717, 1.165) is 12.1 Å². The lowest BCUT2D eigenvalue weighted by Crippen LogP contribution is -2.07. The van der Waals surface area contributed by atoms with E-state index in [1.165, 1.54) is 31.4 Å². The fourth-order valence-corrected chi connectivity index (χ4v) is 2.02. The second-order valence-electron chi connectivity index (χ2n) is 4.18. The van der Waals surface area contributed by atoms with Crippen molar-refractivity contribution in [1.29, 1.82) is 0 Å². The predicted octanol–water partition coefficient (Wildman–Crippen LogP) is 4.05. The zero-order chi connectivity index (χ0) is 14.7. The molecule has 0 fully saturated rings. The number of Topliss-reactive ketones (excluding diaryl/α,β-unsaturated/α-hetero) is 1. The lowest BCUT2D eigenvalue weighted by Gasteiger charge is -2.06. The van der Waals surface area contributed by atoms with Gasteiger partial charge in [0.1, 0.15) is 17.4 Å². The maximum Gasteiger partial charge on any atom is 0.170 e. The first-order valence-electron chi connectivity index (χ1n) is 5.82. The Labute approximate surface area is 119 Å². The van der Waals surface area contributed by atoms with Crippen molar-refractivity contribution in [2.75, 3.05) is 7.11 Å². The summed E-state index contributed by atoms with van der Waals surface area (Å²) < 4.78 is 31.5. The van der Waals surface area contributed by atoms with E-state index in [-0.39, 0.29) is 17.0 Å². The molecule has 0 bridgehead atoms. The molecule has 0 aliphatic rings.